The van der Waals surface area contributed by atoms with Crippen LogP contribution in [0.2, 0.25) is 0 Å². The number of thiophene rings is 1. The second-order valence-corrected chi connectivity index (χ2v) is 8.63. The van der Waals surface area contributed by atoms with Crippen LogP contribution in [0.3, 0.4) is 0 Å². The summed E-state index contributed by atoms with van der Waals surface area (Å²) >= 11 is 1.48. The third-order valence-corrected chi connectivity index (χ3v) is 6.22. The Morgan fingerprint density at radius 2 is 1.68 bits per heavy atom. The van der Waals surface area contributed by atoms with Crippen molar-refractivity contribution in [1.82, 2.24) is 5.32 Å². The number of oxime groups is 1. The number of rotatable bonds is 7. The molecule has 0 saturated heterocycles. The summed E-state index contributed by atoms with van der Waals surface area (Å²) in [7, 11) is 0. The smallest absolute Gasteiger partial charge is 0.411 e. The first-order chi connectivity index (χ1) is 15.9. The Balaban J connectivity index is 1.86. The molecule has 2 aromatic carbocycles. The molecule has 2 N–H and O–H groups in total. The van der Waals surface area contributed by atoms with E-state index in [1.807, 2.05) is 29.6 Å². The standard InChI is InChI=1S/C23H20F6N2O2S/c1-13(32)30-20(10-15-12-34-21-5-3-2-4-18(15)21)19(31-33)7-6-14-8-16(22(24,25)26)11-17(9-14)23(27,28)29/h2-5,8-9,11-12,20,33H,6-7,10H2,1H3,(H,30,32). The van der Waals surface area contributed by atoms with Crippen LogP contribution in [-0.2, 0) is 30.0 Å². The monoisotopic (exact) mass is 502 g/mol. The minimum absolute atomic E-state index is 0.0384. The van der Waals surface area contributed by atoms with Gasteiger partial charge in [0.25, 0.3) is 0 Å². The second-order valence-electron chi connectivity index (χ2n) is 7.72. The van der Waals surface area contributed by atoms with Crippen LogP contribution in [0.1, 0.15) is 35.6 Å². The van der Waals surface area contributed by atoms with E-state index >= 15 is 0 Å². The maximum absolute atomic E-state index is 13.1. The van der Waals surface area contributed by atoms with Crippen molar-refractivity contribution in [1.29, 1.82) is 0 Å². The summed E-state index contributed by atoms with van der Waals surface area (Å²) in [5.74, 6) is -0.427. The molecule has 1 atom stereocenters. The number of hydrogen-bond donors (Lipinski definition) is 2. The van der Waals surface area contributed by atoms with Crippen LogP contribution in [0.15, 0.2) is 53.0 Å². The Hall–Kier alpha value is -3.08. The first kappa shape index (κ1) is 25.5. The Bertz CT molecular complexity index is 1170. The average Bonchev–Trinajstić information content (AvgIpc) is 3.15. The highest BCUT2D eigenvalue weighted by Crippen LogP contribution is 2.36. The highest BCUT2D eigenvalue weighted by molar-refractivity contribution is 7.17. The molecule has 0 fully saturated rings. The number of aryl methyl sites for hydroxylation is 1. The second kappa shape index (κ2) is 10.0. The first-order valence-corrected chi connectivity index (χ1v) is 11.0. The van der Waals surface area contributed by atoms with Crippen LogP contribution in [0.5, 0.6) is 0 Å². The Kier molecular flexibility index (Phi) is 7.54. The molecule has 182 valence electrons. The molecule has 0 saturated carbocycles. The lowest BCUT2D eigenvalue weighted by Gasteiger charge is -2.20. The summed E-state index contributed by atoms with van der Waals surface area (Å²) in [5.41, 5.74) is -2.15. The molecule has 3 rings (SSSR count). The molecular formula is C23H20F6N2O2S. The van der Waals surface area contributed by atoms with E-state index in [9.17, 15) is 36.3 Å². The number of nitrogens with one attached hydrogen (secondary N) is 1. The van der Waals surface area contributed by atoms with Gasteiger partial charge in [-0.05, 0) is 65.4 Å². The summed E-state index contributed by atoms with van der Waals surface area (Å²) < 4.78 is 79.8. The summed E-state index contributed by atoms with van der Waals surface area (Å²) in [6, 6.07) is 8.08. The third-order valence-electron chi connectivity index (χ3n) is 5.21. The minimum Gasteiger partial charge on any atom is -0.411 e. The molecule has 3 aromatic rings. The maximum atomic E-state index is 13.1. The molecule has 34 heavy (non-hydrogen) atoms. The van der Waals surface area contributed by atoms with Gasteiger partial charge >= 0.3 is 12.4 Å². The van der Waals surface area contributed by atoms with Crippen molar-refractivity contribution in [2.75, 3.05) is 0 Å². The topological polar surface area (TPSA) is 61.7 Å². The number of alkyl halides is 6. The van der Waals surface area contributed by atoms with Gasteiger partial charge in [0.05, 0.1) is 22.9 Å². The number of amides is 1. The van der Waals surface area contributed by atoms with E-state index in [2.05, 4.69) is 10.5 Å². The fourth-order valence-corrected chi connectivity index (χ4v) is 4.61. The molecule has 11 heteroatoms. The molecule has 4 nitrogen and oxygen atoms in total. The van der Waals surface area contributed by atoms with Gasteiger partial charge in [0.15, 0.2) is 0 Å². The van der Waals surface area contributed by atoms with E-state index in [1.165, 1.54) is 18.3 Å². The number of benzene rings is 2. The first-order valence-electron chi connectivity index (χ1n) is 10.1. The Labute approximate surface area is 194 Å². The molecule has 0 aliphatic carbocycles. The summed E-state index contributed by atoms with van der Waals surface area (Å²) in [6.45, 7) is 1.26. The van der Waals surface area contributed by atoms with Gasteiger partial charge in [-0.25, -0.2) is 0 Å². The predicted molar refractivity (Wildman–Crippen MR) is 117 cm³/mol. The van der Waals surface area contributed by atoms with Gasteiger partial charge in [-0.15, -0.1) is 11.3 Å². The fourth-order valence-electron chi connectivity index (χ4n) is 3.64. The molecule has 1 amide bonds. The van der Waals surface area contributed by atoms with Gasteiger partial charge in [-0.2, -0.15) is 26.3 Å². The zero-order chi connectivity index (χ0) is 25.1. The van der Waals surface area contributed by atoms with E-state index < -0.39 is 35.4 Å². The summed E-state index contributed by atoms with van der Waals surface area (Å²) in [6.07, 6.45) is -10.1. The van der Waals surface area contributed by atoms with Crippen LogP contribution < -0.4 is 5.32 Å². The third kappa shape index (κ3) is 6.28. The zero-order valence-electron chi connectivity index (χ0n) is 17.8. The largest absolute Gasteiger partial charge is 0.416 e. The molecule has 1 aromatic heterocycles. The van der Waals surface area contributed by atoms with Crippen LogP contribution in [0, 0.1) is 0 Å². The Morgan fingerprint density at radius 3 is 2.24 bits per heavy atom. The van der Waals surface area contributed by atoms with Gasteiger partial charge in [0.1, 0.15) is 0 Å². The lowest BCUT2D eigenvalue weighted by Crippen LogP contribution is -2.41. The van der Waals surface area contributed by atoms with Crippen molar-refractivity contribution in [3.63, 3.8) is 0 Å². The molecule has 0 radical (unpaired) electrons. The Morgan fingerprint density at radius 1 is 1.06 bits per heavy atom. The number of hydrogen-bond acceptors (Lipinski definition) is 4. The van der Waals surface area contributed by atoms with Gasteiger partial charge < -0.3 is 10.5 Å². The van der Waals surface area contributed by atoms with Crippen molar-refractivity contribution in [2.45, 2.75) is 44.6 Å². The highest BCUT2D eigenvalue weighted by Gasteiger charge is 2.37. The molecule has 0 bridgehead atoms. The summed E-state index contributed by atoms with van der Waals surface area (Å²) in [5, 5.41) is 18.3. The molecule has 0 aliphatic heterocycles. The van der Waals surface area contributed by atoms with Crippen molar-refractivity contribution < 1.29 is 36.3 Å². The van der Waals surface area contributed by atoms with E-state index in [-0.39, 0.29) is 36.6 Å². The van der Waals surface area contributed by atoms with Crippen molar-refractivity contribution >= 4 is 33.0 Å². The number of carbonyl (C=O) groups is 1. The van der Waals surface area contributed by atoms with Crippen molar-refractivity contribution in [3.05, 3.63) is 70.1 Å². The van der Waals surface area contributed by atoms with E-state index in [4.69, 9.17) is 0 Å². The number of nitrogens with zero attached hydrogens (tertiary/aromatic N) is 1. The van der Waals surface area contributed by atoms with Crippen molar-refractivity contribution in [3.8, 4) is 0 Å². The fraction of sp³-hybridized carbons (Fsp3) is 0.304. The lowest BCUT2D eigenvalue weighted by atomic mass is 9.95. The highest BCUT2D eigenvalue weighted by atomic mass is 32.1. The molecule has 0 aliphatic rings. The molecule has 1 heterocycles. The normalized spacial score (nSPS) is 13.8. The average molecular weight is 502 g/mol. The van der Waals surface area contributed by atoms with Gasteiger partial charge in [-0.3, -0.25) is 4.79 Å². The maximum Gasteiger partial charge on any atom is 0.416 e. The molecule has 0 spiro atoms. The van der Waals surface area contributed by atoms with Gasteiger partial charge in [0.2, 0.25) is 5.91 Å². The minimum atomic E-state index is -4.96. The molecular weight excluding hydrogens is 482 g/mol. The van der Waals surface area contributed by atoms with E-state index in [1.54, 1.807) is 0 Å². The van der Waals surface area contributed by atoms with E-state index in [0.29, 0.717) is 12.1 Å². The molecule has 1 unspecified atom stereocenters. The predicted octanol–water partition coefficient (Wildman–Crippen LogP) is 6.45. The van der Waals surface area contributed by atoms with Gasteiger partial charge in [0, 0.05) is 11.6 Å². The number of carbonyl (C=O) groups excluding carboxylic acids is 1. The lowest BCUT2D eigenvalue weighted by molar-refractivity contribution is -0.143. The number of halogens is 6. The quantitative estimate of drug-likeness (QED) is 0.169. The summed E-state index contributed by atoms with van der Waals surface area (Å²) in [4.78, 5) is 11.8. The van der Waals surface area contributed by atoms with E-state index in [0.717, 1.165) is 15.6 Å². The van der Waals surface area contributed by atoms with Crippen LogP contribution in [0.25, 0.3) is 10.1 Å². The zero-order valence-corrected chi connectivity index (χ0v) is 18.6. The SMILES string of the molecule is CC(=O)NC(Cc1csc2ccccc12)C(CCc1cc(C(F)(F)F)cc(C(F)(F)F)c1)=NO. The van der Waals surface area contributed by atoms with Gasteiger partial charge in [-0.1, -0.05) is 23.4 Å². The van der Waals surface area contributed by atoms with Crippen LogP contribution in [0.4, 0.5) is 26.3 Å². The van der Waals surface area contributed by atoms with Crippen LogP contribution in [-0.4, -0.2) is 22.9 Å². The van der Waals surface area contributed by atoms with Crippen LogP contribution >= 0.6 is 11.3 Å². The van der Waals surface area contributed by atoms with Crippen molar-refractivity contribution in [2.24, 2.45) is 5.16 Å². The number of fused-ring (bicyclic) bond motifs is 1.